The van der Waals surface area contributed by atoms with Gasteiger partial charge < -0.3 is 0 Å². The minimum absolute atomic E-state index is 0.476. The van der Waals surface area contributed by atoms with E-state index >= 15 is 0 Å². The lowest BCUT2D eigenvalue weighted by Crippen LogP contribution is -1.91. The number of rotatable bonds is 1. The number of aromatic nitrogens is 4. The topological polar surface area (TPSA) is 43.6 Å². The van der Waals surface area contributed by atoms with Crippen LogP contribution in [0.5, 0.6) is 0 Å². The van der Waals surface area contributed by atoms with Crippen LogP contribution in [0.4, 0.5) is 0 Å². The Kier molecular flexibility index (Phi) is 2.92. The van der Waals surface area contributed by atoms with Gasteiger partial charge in [-0.1, -0.05) is 11.6 Å². The first-order chi connectivity index (χ1) is 7.08. The SMILES string of the molecule is Cc1nn(C)cc1-c1ncc(I)c(Cl)n1. The first-order valence-corrected chi connectivity index (χ1v) is 5.72. The summed E-state index contributed by atoms with van der Waals surface area (Å²) >= 11 is 8.03. The summed E-state index contributed by atoms with van der Waals surface area (Å²) < 4.78 is 2.58. The first-order valence-electron chi connectivity index (χ1n) is 4.26. The normalized spacial score (nSPS) is 10.7. The average Bonchev–Trinajstić information content (AvgIpc) is 2.50. The number of aryl methyl sites for hydroxylation is 2. The van der Waals surface area contributed by atoms with Gasteiger partial charge >= 0.3 is 0 Å². The van der Waals surface area contributed by atoms with E-state index in [0.717, 1.165) is 14.8 Å². The molecule has 78 valence electrons. The van der Waals surface area contributed by atoms with Crippen LogP contribution in [0.25, 0.3) is 11.4 Å². The van der Waals surface area contributed by atoms with Crippen molar-refractivity contribution in [3.63, 3.8) is 0 Å². The number of hydrogen-bond acceptors (Lipinski definition) is 3. The van der Waals surface area contributed by atoms with Crippen LogP contribution in [0.3, 0.4) is 0 Å². The fourth-order valence-electron chi connectivity index (χ4n) is 1.30. The molecule has 0 atom stereocenters. The molecule has 0 unspecified atom stereocenters. The third-order valence-electron chi connectivity index (χ3n) is 1.96. The summed E-state index contributed by atoms with van der Waals surface area (Å²) in [5, 5.41) is 4.71. The Labute approximate surface area is 106 Å². The van der Waals surface area contributed by atoms with Gasteiger partial charge in [-0.2, -0.15) is 5.10 Å². The third-order valence-corrected chi connectivity index (χ3v) is 3.35. The van der Waals surface area contributed by atoms with Gasteiger partial charge in [0.15, 0.2) is 5.82 Å². The molecule has 4 nitrogen and oxygen atoms in total. The molecule has 0 radical (unpaired) electrons. The van der Waals surface area contributed by atoms with Gasteiger partial charge in [-0.05, 0) is 29.5 Å². The number of halogens is 2. The second kappa shape index (κ2) is 4.05. The Morgan fingerprint density at radius 3 is 2.73 bits per heavy atom. The van der Waals surface area contributed by atoms with Crippen molar-refractivity contribution in [3.8, 4) is 11.4 Å². The molecule has 2 rings (SSSR count). The zero-order chi connectivity index (χ0) is 11.0. The molecular formula is C9H8ClIN4. The average molecular weight is 335 g/mol. The Morgan fingerprint density at radius 2 is 2.20 bits per heavy atom. The monoisotopic (exact) mass is 334 g/mol. The van der Waals surface area contributed by atoms with E-state index in [1.807, 2.05) is 20.2 Å². The molecule has 2 aromatic rings. The van der Waals surface area contributed by atoms with E-state index in [0.29, 0.717) is 11.0 Å². The molecule has 0 aliphatic rings. The van der Waals surface area contributed by atoms with Crippen molar-refractivity contribution < 1.29 is 0 Å². The van der Waals surface area contributed by atoms with Crippen LogP contribution in [0.2, 0.25) is 5.15 Å². The van der Waals surface area contributed by atoms with E-state index in [9.17, 15) is 0 Å². The summed E-state index contributed by atoms with van der Waals surface area (Å²) in [6, 6.07) is 0. The summed E-state index contributed by atoms with van der Waals surface area (Å²) in [7, 11) is 1.87. The van der Waals surface area contributed by atoms with Gasteiger partial charge in [-0.3, -0.25) is 4.68 Å². The lowest BCUT2D eigenvalue weighted by molar-refractivity contribution is 0.756. The molecular weight excluding hydrogens is 326 g/mol. The van der Waals surface area contributed by atoms with E-state index in [4.69, 9.17) is 11.6 Å². The summed E-state index contributed by atoms with van der Waals surface area (Å²) in [6.45, 7) is 1.92. The maximum absolute atomic E-state index is 5.94. The zero-order valence-corrected chi connectivity index (χ0v) is 11.1. The highest BCUT2D eigenvalue weighted by Crippen LogP contribution is 2.22. The summed E-state index contributed by atoms with van der Waals surface area (Å²) in [6.07, 6.45) is 3.59. The quantitative estimate of drug-likeness (QED) is 0.594. The van der Waals surface area contributed by atoms with Crippen molar-refractivity contribution in [1.82, 2.24) is 19.7 Å². The van der Waals surface area contributed by atoms with Gasteiger partial charge in [0.1, 0.15) is 5.15 Å². The summed E-state index contributed by atoms with van der Waals surface area (Å²) in [4.78, 5) is 8.44. The van der Waals surface area contributed by atoms with Crippen LogP contribution in [0, 0.1) is 10.5 Å². The van der Waals surface area contributed by atoms with E-state index in [1.165, 1.54) is 0 Å². The molecule has 0 aliphatic carbocycles. The minimum atomic E-state index is 0.476. The minimum Gasteiger partial charge on any atom is -0.275 e. The third kappa shape index (κ3) is 2.12. The van der Waals surface area contributed by atoms with E-state index in [1.54, 1.807) is 10.9 Å². The maximum atomic E-state index is 5.94. The predicted octanol–water partition coefficient (Wildman–Crippen LogP) is 2.44. The predicted molar refractivity (Wildman–Crippen MR) is 66.7 cm³/mol. The van der Waals surface area contributed by atoms with E-state index in [-0.39, 0.29) is 0 Å². The molecule has 2 aromatic heterocycles. The van der Waals surface area contributed by atoms with Crippen LogP contribution in [-0.4, -0.2) is 19.7 Å². The van der Waals surface area contributed by atoms with Gasteiger partial charge in [0.05, 0.1) is 14.8 Å². The molecule has 2 heterocycles. The molecule has 0 saturated heterocycles. The zero-order valence-electron chi connectivity index (χ0n) is 8.20. The molecule has 0 amide bonds. The highest BCUT2D eigenvalue weighted by Gasteiger charge is 2.10. The molecule has 0 saturated carbocycles. The Hall–Kier alpha value is -0.690. The molecule has 0 bridgehead atoms. The molecule has 0 aliphatic heterocycles. The lowest BCUT2D eigenvalue weighted by atomic mass is 10.2. The Morgan fingerprint density at radius 1 is 1.47 bits per heavy atom. The van der Waals surface area contributed by atoms with Crippen LogP contribution in [-0.2, 0) is 7.05 Å². The maximum Gasteiger partial charge on any atom is 0.164 e. The standard InChI is InChI=1S/C9H8ClIN4/c1-5-6(4-15(2)14-5)9-12-3-7(11)8(10)13-9/h3-4H,1-2H3. The molecule has 6 heteroatoms. The van der Waals surface area contributed by atoms with Crippen molar-refractivity contribution >= 4 is 34.2 Å². The van der Waals surface area contributed by atoms with Crippen LogP contribution >= 0.6 is 34.2 Å². The summed E-state index contributed by atoms with van der Waals surface area (Å²) in [5.74, 6) is 0.617. The van der Waals surface area contributed by atoms with Crippen molar-refractivity contribution in [1.29, 1.82) is 0 Å². The van der Waals surface area contributed by atoms with Crippen molar-refractivity contribution in [2.45, 2.75) is 6.92 Å². The van der Waals surface area contributed by atoms with E-state index in [2.05, 4.69) is 37.7 Å². The Balaban J connectivity index is 2.54. The molecule has 0 fully saturated rings. The smallest absolute Gasteiger partial charge is 0.164 e. The highest BCUT2D eigenvalue weighted by molar-refractivity contribution is 14.1. The van der Waals surface area contributed by atoms with Crippen molar-refractivity contribution in [2.24, 2.45) is 7.05 Å². The fourth-order valence-corrected chi connectivity index (χ4v) is 1.68. The number of hydrogen-bond donors (Lipinski definition) is 0. The van der Waals surface area contributed by atoms with E-state index < -0.39 is 0 Å². The fraction of sp³-hybridized carbons (Fsp3) is 0.222. The van der Waals surface area contributed by atoms with Crippen molar-refractivity contribution in [3.05, 3.63) is 26.8 Å². The molecule has 0 N–H and O–H groups in total. The summed E-state index contributed by atoms with van der Waals surface area (Å²) in [5.41, 5.74) is 1.81. The van der Waals surface area contributed by atoms with Gasteiger partial charge in [0, 0.05) is 19.4 Å². The highest BCUT2D eigenvalue weighted by atomic mass is 127. The molecule has 0 aromatic carbocycles. The lowest BCUT2D eigenvalue weighted by Gasteiger charge is -1.99. The van der Waals surface area contributed by atoms with Gasteiger partial charge in [-0.25, -0.2) is 9.97 Å². The largest absolute Gasteiger partial charge is 0.275 e. The molecule has 15 heavy (non-hydrogen) atoms. The van der Waals surface area contributed by atoms with Crippen LogP contribution < -0.4 is 0 Å². The van der Waals surface area contributed by atoms with Gasteiger partial charge in [0.25, 0.3) is 0 Å². The molecule has 0 spiro atoms. The second-order valence-corrected chi connectivity index (χ2v) is 4.65. The van der Waals surface area contributed by atoms with Crippen LogP contribution in [0.15, 0.2) is 12.4 Å². The second-order valence-electron chi connectivity index (χ2n) is 3.13. The van der Waals surface area contributed by atoms with Crippen LogP contribution in [0.1, 0.15) is 5.69 Å². The Bertz CT molecular complexity index is 509. The van der Waals surface area contributed by atoms with Gasteiger partial charge in [-0.15, -0.1) is 0 Å². The van der Waals surface area contributed by atoms with Crippen molar-refractivity contribution in [2.75, 3.05) is 0 Å². The first kappa shape index (κ1) is 10.8. The van der Waals surface area contributed by atoms with Gasteiger partial charge in [0.2, 0.25) is 0 Å². The number of nitrogens with zero attached hydrogens (tertiary/aromatic N) is 4.